The maximum Gasteiger partial charge on any atom is 0.407 e. The van der Waals surface area contributed by atoms with Gasteiger partial charge in [-0.3, -0.25) is 4.79 Å². The van der Waals surface area contributed by atoms with Crippen molar-refractivity contribution in [1.82, 2.24) is 10.6 Å². The largest absolute Gasteiger partial charge is 0.444 e. The van der Waals surface area contributed by atoms with E-state index in [-0.39, 0.29) is 5.91 Å². The summed E-state index contributed by atoms with van der Waals surface area (Å²) < 4.78 is 31.9. The minimum atomic E-state index is -0.505. The van der Waals surface area contributed by atoms with Crippen LogP contribution in [-0.4, -0.2) is 102 Å². The molecule has 10 nitrogen and oxygen atoms in total. The lowest BCUT2D eigenvalue weighted by Gasteiger charge is -2.19. The van der Waals surface area contributed by atoms with Crippen LogP contribution < -0.4 is 10.6 Å². The van der Waals surface area contributed by atoms with Gasteiger partial charge < -0.3 is 39.1 Å². The second-order valence-corrected chi connectivity index (χ2v) is 7.53. The molecular weight excluding hydrogens is 464 g/mol. The number of carbonyl (C=O) groups is 2. The summed E-state index contributed by atoms with van der Waals surface area (Å²) in [4.78, 5) is 22.4. The normalized spacial score (nSPS) is 11.3. The van der Waals surface area contributed by atoms with E-state index < -0.39 is 11.7 Å². The van der Waals surface area contributed by atoms with Crippen LogP contribution in [0.3, 0.4) is 0 Å². The van der Waals surface area contributed by atoms with Gasteiger partial charge in [0.25, 0.3) is 0 Å². The van der Waals surface area contributed by atoms with Crippen molar-refractivity contribution >= 4 is 27.9 Å². The molecule has 0 saturated heterocycles. The van der Waals surface area contributed by atoms with Crippen molar-refractivity contribution in [2.24, 2.45) is 0 Å². The number of rotatable bonds is 19. The molecule has 0 heterocycles. The van der Waals surface area contributed by atoms with Gasteiger partial charge in [-0.15, -0.1) is 0 Å². The van der Waals surface area contributed by atoms with Gasteiger partial charge in [0, 0.05) is 13.1 Å². The Bertz CT molecular complexity index is 435. The van der Waals surface area contributed by atoms with Crippen LogP contribution in [-0.2, 0) is 33.2 Å². The predicted molar refractivity (Wildman–Crippen MR) is 115 cm³/mol. The van der Waals surface area contributed by atoms with Gasteiger partial charge in [0.2, 0.25) is 5.91 Å². The highest BCUT2D eigenvalue weighted by molar-refractivity contribution is 9.09. The average molecular weight is 501 g/mol. The van der Waals surface area contributed by atoms with Crippen LogP contribution in [0.4, 0.5) is 4.79 Å². The summed E-state index contributed by atoms with van der Waals surface area (Å²) in [7, 11) is 0. The number of hydrogen-bond donors (Lipinski definition) is 2. The topological polar surface area (TPSA) is 114 Å². The fourth-order valence-corrected chi connectivity index (χ4v) is 2.03. The summed E-state index contributed by atoms with van der Waals surface area (Å²) in [6, 6.07) is 0. The lowest BCUT2D eigenvalue weighted by Crippen LogP contribution is -2.34. The summed E-state index contributed by atoms with van der Waals surface area (Å²) in [5.41, 5.74) is -0.505. The first-order valence-electron chi connectivity index (χ1n) is 10.0. The van der Waals surface area contributed by atoms with Gasteiger partial charge in [-0.25, -0.2) is 4.79 Å². The van der Waals surface area contributed by atoms with Crippen LogP contribution in [0.25, 0.3) is 0 Å². The van der Waals surface area contributed by atoms with Crippen molar-refractivity contribution in [3.8, 4) is 0 Å². The third-order valence-corrected chi connectivity index (χ3v) is 3.60. The number of alkyl halides is 1. The minimum Gasteiger partial charge on any atom is -0.444 e. The zero-order valence-electron chi connectivity index (χ0n) is 18.3. The lowest BCUT2D eigenvalue weighted by molar-refractivity contribution is -0.118. The Hall–Kier alpha value is -0.980. The van der Waals surface area contributed by atoms with Crippen LogP contribution in [0, 0.1) is 0 Å². The average Bonchev–Trinajstić information content (AvgIpc) is 2.68. The summed E-state index contributed by atoms with van der Waals surface area (Å²) in [5.74, 6) is -0.0592. The van der Waals surface area contributed by atoms with Crippen molar-refractivity contribution in [1.29, 1.82) is 0 Å². The molecule has 0 bridgehead atoms. The Morgan fingerprint density at radius 3 is 1.40 bits per heavy atom. The van der Waals surface area contributed by atoms with E-state index in [0.717, 1.165) is 0 Å². The molecule has 0 aromatic rings. The van der Waals surface area contributed by atoms with Crippen LogP contribution in [0.2, 0.25) is 0 Å². The molecule has 0 unspecified atom stereocenters. The molecule has 0 spiro atoms. The smallest absolute Gasteiger partial charge is 0.407 e. The predicted octanol–water partition coefficient (Wildman–Crippen LogP) is 1.11. The molecule has 0 aliphatic heterocycles. The fraction of sp³-hybridized carbons (Fsp3) is 0.895. The SMILES string of the molecule is CC(C)(C)OC(=O)NCCOCCOCCOCCOCCOCCNC(=O)CBr. The number of hydrogen-bond acceptors (Lipinski definition) is 8. The molecule has 0 aromatic carbocycles. The van der Waals surface area contributed by atoms with Gasteiger partial charge in [-0.05, 0) is 20.8 Å². The summed E-state index contributed by atoms with van der Waals surface area (Å²) in [5, 5.41) is 5.59. The van der Waals surface area contributed by atoms with Crippen molar-refractivity contribution in [3.05, 3.63) is 0 Å². The summed E-state index contributed by atoms with van der Waals surface area (Å²) in [6.45, 7) is 10.9. The minimum absolute atomic E-state index is 0.0592. The first-order chi connectivity index (χ1) is 14.3. The van der Waals surface area contributed by atoms with Gasteiger partial charge >= 0.3 is 6.09 Å². The molecule has 0 aromatic heterocycles. The first kappa shape index (κ1) is 29.0. The molecule has 2 amide bonds. The second kappa shape index (κ2) is 20.0. The van der Waals surface area contributed by atoms with Gasteiger partial charge in [-0.2, -0.15) is 0 Å². The molecule has 2 N–H and O–H groups in total. The Labute approximate surface area is 187 Å². The quantitative estimate of drug-likeness (QED) is 0.200. The van der Waals surface area contributed by atoms with E-state index in [1.165, 1.54) is 0 Å². The van der Waals surface area contributed by atoms with Gasteiger partial charge in [-0.1, -0.05) is 15.9 Å². The highest BCUT2D eigenvalue weighted by Crippen LogP contribution is 2.05. The fourth-order valence-electron chi connectivity index (χ4n) is 1.83. The van der Waals surface area contributed by atoms with Crippen molar-refractivity contribution in [3.63, 3.8) is 0 Å². The number of nitrogens with one attached hydrogen (secondary N) is 2. The van der Waals surface area contributed by atoms with Gasteiger partial charge in [0.05, 0.1) is 71.4 Å². The number of alkyl carbamates (subject to hydrolysis) is 1. The zero-order valence-corrected chi connectivity index (χ0v) is 19.9. The van der Waals surface area contributed by atoms with E-state index in [9.17, 15) is 9.59 Å². The van der Waals surface area contributed by atoms with Crippen LogP contribution in [0.1, 0.15) is 20.8 Å². The molecule has 178 valence electrons. The summed E-state index contributed by atoms with van der Waals surface area (Å²) in [6.07, 6.45) is -0.452. The summed E-state index contributed by atoms with van der Waals surface area (Å²) >= 11 is 3.07. The maximum absolute atomic E-state index is 11.4. The number of halogens is 1. The molecule has 0 fully saturated rings. The van der Waals surface area contributed by atoms with Crippen molar-refractivity contribution in [2.75, 3.05) is 84.5 Å². The molecule has 30 heavy (non-hydrogen) atoms. The maximum atomic E-state index is 11.4. The van der Waals surface area contributed by atoms with E-state index in [1.54, 1.807) is 0 Å². The lowest BCUT2D eigenvalue weighted by atomic mass is 10.2. The van der Waals surface area contributed by atoms with Gasteiger partial charge in [0.1, 0.15) is 5.60 Å². The van der Waals surface area contributed by atoms with E-state index in [0.29, 0.717) is 84.5 Å². The van der Waals surface area contributed by atoms with Gasteiger partial charge in [0.15, 0.2) is 0 Å². The Morgan fingerprint density at radius 1 is 0.667 bits per heavy atom. The Morgan fingerprint density at radius 2 is 1.03 bits per heavy atom. The molecule has 0 rings (SSSR count). The van der Waals surface area contributed by atoms with E-state index in [2.05, 4.69) is 26.6 Å². The second-order valence-electron chi connectivity index (χ2n) is 6.97. The molecule has 0 aliphatic carbocycles. The number of carbonyl (C=O) groups excluding carboxylic acids is 2. The zero-order chi connectivity index (χ0) is 22.5. The van der Waals surface area contributed by atoms with E-state index in [1.807, 2.05) is 20.8 Å². The monoisotopic (exact) mass is 500 g/mol. The third kappa shape index (κ3) is 23.3. The van der Waals surface area contributed by atoms with Crippen LogP contribution in [0.5, 0.6) is 0 Å². The number of amides is 2. The highest BCUT2D eigenvalue weighted by Gasteiger charge is 2.15. The van der Waals surface area contributed by atoms with Crippen LogP contribution >= 0.6 is 15.9 Å². The van der Waals surface area contributed by atoms with E-state index >= 15 is 0 Å². The highest BCUT2D eigenvalue weighted by atomic mass is 79.9. The molecule has 0 saturated carbocycles. The Kier molecular flexibility index (Phi) is 19.3. The molecule has 11 heteroatoms. The van der Waals surface area contributed by atoms with Crippen LogP contribution in [0.15, 0.2) is 0 Å². The number of ether oxygens (including phenoxy) is 6. The first-order valence-corrected chi connectivity index (χ1v) is 11.2. The third-order valence-electron chi connectivity index (χ3n) is 3.09. The Balaban J connectivity index is 3.15. The molecule has 0 aliphatic rings. The standard InChI is InChI=1S/C19H37BrN2O8/c1-19(2,3)30-18(24)22-5-7-26-9-11-28-13-15-29-14-12-27-10-8-25-6-4-21-17(23)16-20/h4-16H2,1-3H3,(H,21,23)(H,22,24). The van der Waals surface area contributed by atoms with E-state index in [4.69, 9.17) is 28.4 Å². The van der Waals surface area contributed by atoms with Crippen molar-refractivity contribution < 1.29 is 38.0 Å². The molecule has 0 atom stereocenters. The molecule has 0 radical (unpaired) electrons. The van der Waals surface area contributed by atoms with Crippen molar-refractivity contribution in [2.45, 2.75) is 26.4 Å². The molecular formula is C19H37BrN2O8.